The SMILES string of the molecule is CN1CCC(C2CCCC2CN)CC1. The van der Waals surface area contributed by atoms with Crippen LogP contribution in [0.1, 0.15) is 32.1 Å². The average Bonchev–Trinajstić information content (AvgIpc) is 2.67. The van der Waals surface area contributed by atoms with Gasteiger partial charge in [0, 0.05) is 0 Å². The highest BCUT2D eigenvalue weighted by Gasteiger charge is 2.33. The monoisotopic (exact) mass is 196 g/mol. The fourth-order valence-electron chi connectivity index (χ4n) is 3.44. The molecule has 2 unspecified atom stereocenters. The Morgan fingerprint density at radius 2 is 1.86 bits per heavy atom. The molecule has 0 aromatic rings. The third-order valence-electron chi connectivity index (χ3n) is 4.39. The maximum atomic E-state index is 5.85. The Morgan fingerprint density at radius 3 is 2.50 bits per heavy atom. The van der Waals surface area contributed by atoms with Crippen LogP contribution in [0.15, 0.2) is 0 Å². The van der Waals surface area contributed by atoms with Crippen molar-refractivity contribution >= 4 is 0 Å². The lowest BCUT2D eigenvalue weighted by Crippen LogP contribution is -2.35. The van der Waals surface area contributed by atoms with Crippen molar-refractivity contribution in [3.63, 3.8) is 0 Å². The van der Waals surface area contributed by atoms with Gasteiger partial charge in [-0.2, -0.15) is 0 Å². The third kappa shape index (κ3) is 2.12. The van der Waals surface area contributed by atoms with Crippen LogP contribution in [0.2, 0.25) is 0 Å². The summed E-state index contributed by atoms with van der Waals surface area (Å²) in [5.41, 5.74) is 5.85. The first-order chi connectivity index (χ1) is 6.81. The molecule has 2 rings (SSSR count). The minimum Gasteiger partial charge on any atom is -0.330 e. The van der Waals surface area contributed by atoms with E-state index in [-0.39, 0.29) is 0 Å². The van der Waals surface area contributed by atoms with Gasteiger partial charge in [0.05, 0.1) is 0 Å². The number of rotatable bonds is 2. The summed E-state index contributed by atoms with van der Waals surface area (Å²) < 4.78 is 0. The van der Waals surface area contributed by atoms with Crippen molar-refractivity contribution in [2.24, 2.45) is 23.5 Å². The molecule has 1 aliphatic heterocycles. The molecule has 14 heavy (non-hydrogen) atoms. The van der Waals surface area contributed by atoms with E-state index in [1.54, 1.807) is 0 Å². The zero-order valence-electron chi connectivity index (χ0n) is 9.41. The maximum Gasteiger partial charge on any atom is -0.00190 e. The van der Waals surface area contributed by atoms with Gasteiger partial charge in [-0.3, -0.25) is 0 Å². The van der Waals surface area contributed by atoms with Crippen LogP contribution in [0.4, 0.5) is 0 Å². The second-order valence-corrected chi connectivity index (χ2v) is 5.23. The Labute approximate surface area is 87.8 Å². The van der Waals surface area contributed by atoms with E-state index in [2.05, 4.69) is 11.9 Å². The molecule has 0 aromatic heterocycles. The first-order valence-corrected chi connectivity index (χ1v) is 6.20. The van der Waals surface area contributed by atoms with Gasteiger partial charge in [0.2, 0.25) is 0 Å². The predicted octanol–water partition coefficient (Wildman–Crippen LogP) is 1.70. The molecule has 2 nitrogen and oxygen atoms in total. The Balaban J connectivity index is 1.88. The van der Waals surface area contributed by atoms with Gasteiger partial charge in [-0.15, -0.1) is 0 Å². The summed E-state index contributed by atoms with van der Waals surface area (Å²) in [6.07, 6.45) is 7.11. The van der Waals surface area contributed by atoms with Gasteiger partial charge >= 0.3 is 0 Å². The average molecular weight is 196 g/mol. The molecule has 0 bridgehead atoms. The fraction of sp³-hybridized carbons (Fsp3) is 1.00. The highest BCUT2D eigenvalue weighted by molar-refractivity contribution is 4.85. The largest absolute Gasteiger partial charge is 0.330 e. The first-order valence-electron chi connectivity index (χ1n) is 6.20. The fourth-order valence-corrected chi connectivity index (χ4v) is 3.44. The second kappa shape index (κ2) is 4.63. The number of hydrogen-bond acceptors (Lipinski definition) is 2. The Kier molecular flexibility index (Phi) is 3.45. The van der Waals surface area contributed by atoms with Crippen LogP contribution >= 0.6 is 0 Å². The van der Waals surface area contributed by atoms with Crippen LogP contribution < -0.4 is 5.73 Å². The molecule has 2 heteroatoms. The second-order valence-electron chi connectivity index (χ2n) is 5.23. The van der Waals surface area contributed by atoms with Gasteiger partial charge in [-0.25, -0.2) is 0 Å². The lowest BCUT2D eigenvalue weighted by molar-refractivity contribution is 0.149. The van der Waals surface area contributed by atoms with Gasteiger partial charge in [0.25, 0.3) is 0 Å². The zero-order chi connectivity index (χ0) is 9.97. The van der Waals surface area contributed by atoms with Crippen molar-refractivity contribution in [2.75, 3.05) is 26.7 Å². The molecule has 2 fully saturated rings. The Morgan fingerprint density at radius 1 is 1.14 bits per heavy atom. The Hall–Kier alpha value is -0.0800. The van der Waals surface area contributed by atoms with Crippen molar-refractivity contribution in [3.8, 4) is 0 Å². The number of nitrogens with zero attached hydrogens (tertiary/aromatic N) is 1. The molecule has 0 spiro atoms. The van der Waals surface area contributed by atoms with Crippen molar-refractivity contribution in [1.29, 1.82) is 0 Å². The minimum atomic E-state index is 0.850. The molecule has 1 heterocycles. The topological polar surface area (TPSA) is 29.3 Å². The molecule has 82 valence electrons. The molecular weight excluding hydrogens is 172 g/mol. The van der Waals surface area contributed by atoms with E-state index in [0.717, 1.165) is 24.3 Å². The van der Waals surface area contributed by atoms with Gasteiger partial charge in [0.15, 0.2) is 0 Å². The third-order valence-corrected chi connectivity index (χ3v) is 4.39. The van der Waals surface area contributed by atoms with E-state index in [1.165, 1.54) is 45.2 Å². The lowest BCUT2D eigenvalue weighted by atomic mass is 9.78. The van der Waals surface area contributed by atoms with Gasteiger partial charge < -0.3 is 10.6 Å². The predicted molar refractivity (Wildman–Crippen MR) is 60.1 cm³/mol. The number of piperidine rings is 1. The van der Waals surface area contributed by atoms with E-state index in [0.29, 0.717) is 0 Å². The molecule has 0 radical (unpaired) electrons. The highest BCUT2D eigenvalue weighted by Crippen LogP contribution is 2.40. The first kappa shape index (κ1) is 10.4. The minimum absolute atomic E-state index is 0.850. The summed E-state index contributed by atoms with van der Waals surface area (Å²) in [6.45, 7) is 3.54. The summed E-state index contributed by atoms with van der Waals surface area (Å²) in [6, 6.07) is 0. The maximum absolute atomic E-state index is 5.85. The number of likely N-dealkylation sites (tertiary alicyclic amines) is 1. The van der Waals surface area contributed by atoms with Gasteiger partial charge in [-0.05, 0) is 70.1 Å². The smallest absolute Gasteiger partial charge is 0.00190 e. The summed E-state index contributed by atoms with van der Waals surface area (Å²) in [5, 5.41) is 0. The van der Waals surface area contributed by atoms with E-state index >= 15 is 0 Å². The van der Waals surface area contributed by atoms with E-state index in [4.69, 9.17) is 5.73 Å². The number of nitrogens with two attached hydrogens (primary N) is 1. The molecule has 2 N–H and O–H groups in total. The number of hydrogen-bond donors (Lipinski definition) is 1. The molecule has 1 saturated heterocycles. The van der Waals surface area contributed by atoms with E-state index in [9.17, 15) is 0 Å². The van der Waals surface area contributed by atoms with Crippen molar-refractivity contribution in [1.82, 2.24) is 4.90 Å². The molecule has 2 atom stereocenters. The molecule has 0 aromatic carbocycles. The highest BCUT2D eigenvalue weighted by atomic mass is 15.1. The standard InChI is InChI=1S/C12H24N2/c1-14-7-5-10(6-8-14)12-4-2-3-11(12)9-13/h10-12H,2-9,13H2,1H3. The lowest BCUT2D eigenvalue weighted by Gasteiger charge is -2.35. The molecule has 1 aliphatic carbocycles. The van der Waals surface area contributed by atoms with E-state index in [1.807, 2.05) is 0 Å². The van der Waals surface area contributed by atoms with Crippen molar-refractivity contribution < 1.29 is 0 Å². The molecule has 1 saturated carbocycles. The molecule has 2 aliphatic rings. The molecule has 0 amide bonds. The van der Waals surface area contributed by atoms with Crippen LogP contribution in [0, 0.1) is 17.8 Å². The normalized spacial score (nSPS) is 36.4. The van der Waals surface area contributed by atoms with Gasteiger partial charge in [0.1, 0.15) is 0 Å². The van der Waals surface area contributed by atoms with Crippen molar-refractivity contribution in [2.45, 2.75) is 32.1 Å². The van der Waals surface area contributed by atoms with E-state index < -0.39 is 0 Å². The van der Waals surface area contributed by atoms with Crippen LogP contribution in [0.25, 0.3) is 0 Å². The quantitative estimate of drug-likeness (QED) is 0.728. The van der Waals surface area contributed by atoms with Crippen LogP contribution in [-0.2, 0) is 0 Å². The van der Waals surface area contributed by atoms with Crippen LogP contribution in [-0.4, -0.2) is 31.6 Å². The summed E-state index contributed by atoms with van der Waals surface area (Å²) in [4.78, 5) is 2.46. The van der Waals surface area contributed by atoms with Crippen LogP contribution in [0.5, 0.6) is 0 Å². The Bertz CT molecular complexity index is 173. The molecular formula is C12H24N2. The zero-order valence-corrected chi connectivity index (χ0v) is 9.41. The summed E-state index contributed by atoms with van der Waals surface area (Å²) in [5.74, 6) is 2.80. The van der Waals surface area contributed by atoms with Crippen molar-refractivity contribution in [3.05, 3.63) is 0 Å². The summed E-state index contributed by atoms with van der Waals surface area (Å²) in [7, 11) is 2.24. The van der Waals surface area contributed by atoms with Crippen LogP contribution in [0.3, 0.4) is 0 Å². The van der Waals surface area contributed by atoms with Gasteiger partial charge in [-0.1, -0.05) is 6.42 Å². The summed E-state index contributed by atoms with van der Waals surface area (Å²) >= 11 is 0.